The van der Waals surface area contributed by atoms with Crippen molar-refractivity contribution in [1.29, 1.82) is 0 Å². The van der Waals surface area contributed by atoms with E-state index in [1.54, 1.807) is 18.2 Å². The van der Waals surface area contributed by atoms with Crippen LogP contribution >= 0.6 is 11.3 Å². The summed E-state index contributed by atoms with van der Waals surface area (Å²) in [6.07, 6.45) is 0.494. The second-order valence-electron chi connectivity index (χ2n) is 10.6. The molecule has 1 aliphatic rings. The Balaban J connectivity index is 1.46. The van der Waals surface area contributed by atoms with Gasteiger partial charge in [0.1, 0.15) is 18.1 Å². The number of aromatic nitrogens is 2. The molecule has 16 nitrogen and oxygen atoms in total. The second kappa shape index (κ2) is 13.8. The van der Waals surface area contributed by atoms with Crippen molar-refractivity contribution < 1.29 is 46.3 Å². The van der Waals surface area contributed by atoms with Gasteiger partial charge in [-0.05, 0) is 63.9 Å². The summed E-state index contributed by atoms with van der Waals surface area (Å²) < 4.78 is 41.1. The molecule has 18 heteroatoms. The second-order valence-corrected chi connectivity index (χ2v) is 12.5. The number of amides is 1. The molecule has 1 unspecified atom stereocenters. The number of carboxylic acids is 1. The van der Waals surface area contributed by atoms with Crippen molar-refractivity contribution in [2.24, 2.45) is 16.8 Å². The Morgan fingerprint density at radius 3 is 2.58 bits per heavy atom. The first-order valence-corrected chi connectivity index (χ1v) is 15.9. The fourth-order valence-electron chi connectivity index (χ4n) is 4.55. The number of nitrogen functional groups attached to an aromatic ring is 1. The molecule has 2 atom stereocenters. The van der Waals surface area contributed by atoms with E-state index in [2.05, 4.69) is 19.4 Å². The molecular weight excluding hydrogens is 632 g/mol. The zero-order chi connectivity index (χ0) is 32.9. The minimum atomic E-state index is -4.99. The first kappa shape index (κ1) is 33.7. The highest BCUT2D eigenvalue weighted by Gasteiger charge is 2.57. The lowest BCUT2D eigenvalue weighted by atomic mass is 9.74. The number of aryl methyl sites for hydroxylation is 1. The van der Waals surface area contributed by atoms with Crippen LogP contribution in [0, 0.1) is 5.92 Å². The maximum absolute atomic E-state index is 13.3. The van der Waals surface area contributed by atoms with Crippen LogP contribution in [0.3, 0.4) is 0 Å². The molecule has 45 heavy (non-hydrogen) atoms. The van der Waals surface area contributed by atoms with Gasteiger partial charge in [0, 0.05) is 22.9 Å². The summed E-state index contributed by atoms with van der Waals surface area (Å²) in [5, 5.41) is 16.2. The number of hydrogen-bond acceptors (Lipinski definition) is 14. The molecule has 0 saturated carbocycles. The average molecular weight is 665 g/mol. The number of carbonyl (C=O) groups excluding carboxylic acids is 2. The van der Waals surface area contributed by atoms with Gasteiger partial charge in [0.15, 0.2) is 16.6 Å². The van der Waals surface area contributed by atoms with Gasteiger partial charge >= 0.3 is 16.4 Å². The number of thiazole rings is 1. The summed E-state index contributed by atoms with van der Waals surface area (Å²) in [5.74, 6) is -3.80. The van der Waals surface area contributed by atoms with Gasteiger partial charge in [0.25, 0.3) is 12.0 Å². The molecule has 3 heterocycles. The summed E-state index contributed by atoms with van der Waals surface area (Å²) in [5.41, 5.74) is 11.2. The zero-order valence-electron chi connectivity index (χ0n) is 24.3. The number of hydrogen-bond donors (Lipinski definition) is 4. The molecule has 2 aromatic heterocycles. The number of β-lactam (4-membered cyclic amide) rings is 1. The van der Waals surface area contributed by atoms with Gasteiger partial charge in [-0.1, -0.05) is 11.2 Å². The van der Waals surface area contributed by atoms with E-state index < -0.39 is 64.4 Å². The number of oxime groups is 1. The van der Waals surface area contributed by atoms with Crippen molar-refractivity contribution in [1.82, 2.24) is 15.0 Å². The third-order valence-electron chi connectivity index (χ3n) is 7.01. The van der Waals surface area contributed by atoms with E-state index in [1.807, 2.05) is 12.1 Å². The Kier molecular flexibility index (Phi) is 10.3. The number of Topliss-reactive ketones (excluding diaryl/α,β-unsaturated/α-hetero) is 1. The van der Waals surface area contributed by atoms with Crippen LogP contribution in [-0.2, 0) is 40.3 Å². The molecule has 0 spiro atoms. The molecule has 3 aromatic rings. The van der Waals surface area contributed by atoms with Crippen LogP contribution in [0.2, 0.25) is 0 Å². The van der Waals surface area contributed by atoms with Gasteiger partial charge in [0.2, 0.25) is 0 Å². The first-order chi connectivity index (χ1) is 21.2. The molecule has 4 rings (SSSR count). The predicted octanol–water partition coefficient (Wildman–Crippen LogP) is 1.74. The lowest BCUT2D eigenvalue weighted by Gasteiger charge is -2.50. The highest BCUT2D eigenvalue weighted by molar-refractivity contribution is 7.80. The molecule has 6 N–H and O–H groups in total. The molecule has 0 bridgehead atoms. The van der Waals surface area contributed by atoms with E-state index in [4.69, 9.17) is 25.6 Å². The number of hydroxylamine groups is 2. The van der Waals surface area contributed by atoms with Gasteiger partial charge in [-0.15, -0.1) is 15.6 Å². The molecule has 242 valence electrons. The van der Waals surface area contributed by atoms with Crippen molar-refractivity contribution in [3.05, 3.63) is 47.1 Å². The summed E-state index contributed by atoms with van der Waals surface area (Å²) in [6.45, 7) is 2.99. The highest BCUT2D eigenvalue weighted by Crippen LogP contribution is 2.40. The fraction of sp³-hybridized carbons (Fsp3) is 0.407. The molecule has 1 fully saturated rings. The van der Waals surface area contributed by atoms with E-state index in [-0.39, 0.29) is 10.8 Å². The highest BCUT2D eigenvalue weighted by atomic mass is 32.3. The van der Waals surface area contributed by atoms with Crippen molar-refractivity contribution in [2.45, 2.75) is 51.2 Å². The topological polar surface area (TPSA) is 247 Å². The Hall–Kier alpha value is -4.23. The number of ketones is 1. The Morgan fingerprint density at radius 2 is 1.96 bits per heavy atom. The van der Waals surface area contributed by atoms with E-state index in [9.17, 15) is 27.9 Å². The number of nitrogens with two attached hydrogens (primary N) is 2. The smallest absolute Gasteiger partial charge is 0.418 e. The van der Waals surface area contributed by atoms with Gasteiger partial charge in [-0.2, -0.15) is 13.5 Å². The predicted molar refractivity (Wildman–Crippen MR) is 161 cm³/mol. The molecule has 0 radical (unpaired) electrons. The third kappa shape index (κ3) is 8.28. The van der Waals surface area contributed by atoms with E-state index in [0.717, 1.165) is 47.2 Å². The van der Waals surface area contributed by atoms with Gasteiger partial charge in [-0.25, -0.2) is 9.78 Å². The van der Waals surface area contributed by atoms with Gasteiger partial charge < -0.3 is 26.1 Å². The number of rotatable bonds is 16. The summed E-state index contributed by atoms with van der Waals surface area (Å²) in [4.78, 5) is 51.7. The van der Waals surface area contributed by atoms with Crippen LogP contribution in [0.25, 0.3) is 10.9 Å². The van der Waals surface area contributed by atoms with Crippen molar-refractivity contribution in [3.63, 3.8) is 0 Å². The number of aliphatic carboxylic acids is 1. The SMILES string of the molecule is CC1(C)C(CC(=O)/C(=N\O[C@@H](COc2ccc3nc(CCCCN)ccc3c2)C(=O)O)c2csc(N)n2)C(=O)N1OS(=O)(=O)O. The number of unbranched alkanes of at least 4 members (excludes halogenated alkanes) is 1. The lowest BCUT2D eigenvalue weighted by Crippen LogP contribution is -2.68. The molecule has 1 aliphatic heterocycles. The fourth-order valence-corrected chi connectivity index (χ4v) is 5.55. The van der Waals surface area contributed by atoms with E-state index in [0.29, 0.717) is 17.4 Å². The molecule has 1 saturated heterocycles. The van der Waals surface area contributed by atoms with Crippen LogP contribution in [0.4, 0.5) is 5.13 Å². The van der Waals surface area contributed by atoms with Crippen LogP contribution in [0.1, 0.15) is 44.5 Å². The Bertz CT molecular complexity index is 1730. The van der Waals surface area contributed by atoms with E-state index >= 15 is 0 Å². The quantitative estimate of drug-likeness (QED) is 0.0560. The summed E-state index contributed by atoms with van der Waals surface area (Å²) in [7, 11) is -4.99. The standard InChI is InChI=1S/C27H32N6O10S2/c1-27(2)18(24(35)33(27)43-45(38,39)40)12-21(34)23(20-14-44-26(29)31-20)32-42-22(25(36)37)13-41-17-8-9-19-15(11-17)6-7-16(30-19)5-3-4-10-28/h6-9,11,14,18,22H,3-5,10,12-13,28H2,1-2H3,(H2,29,31)(H,36,37)(H,38,39,40)/b32-23-/t18?,22-/m0/s1. The van der Waals surface area contributed by atoms with Crippen LogP contribution in [0.5, 0.6) is 5.75 Å². The van der Waals surface area contributed by atoms with Crippen molar-refractivity contribution in [3.8, 4) is 5.75 Å². The van der Waals surface area contributed by atoms with E-state index in [1.165, 1.54) is 19.2 Å². The van der Waals surface area contributed by atoms with Gasteiger partial charge in [0.05, 0.1) is 17.0 Å². The number of pyridine rings is 1. The third-order valence-corrected chi connectivity index (χ3v) is 8.03. The maximum atomic E-state index is 13.3. The summed E-state index contributed by atoms with van der Waals surface area (Å²) in [6, 6.07) is 8.89. The normalized spacial score (nSPS) is 17.2. The van der Waals surface area contributed by atoms with Crippen LogP contribution in [0.15, 0.2) is 40.9 Å². The molecule has 0 aliphatic carbocycles. The Labute approximate surface area is 261 Å². The van der Waals surface area contributed by atoms with Gasteiger partial charge in [-0.3, -0.25) is 19.1 Å². The largest absolute Gasteiger partial charge is 0.489 e. The number of benzene rings is 1. The molecular formula is C27H32N6O10S2. The van der Waals surface area contributed by atoms with Crippen LogP contribution < -0.4 is 16.2 Å². The number of fused-ring (bicyclic) bond motifs is 1. The first-order valence-electron chi connectivity index (χ1n) is 13.6. The van der Waals surface area contributed by atoms with Crippen molar-refractivity contribution >= 4 is 61.1 Å². The number of ether oxygens (including phenoxy) is 1. The number of carboxylic acid groups (broad SMARTS) is 1. The minimum Gasteiger partial charge on any atom is -0.489 e. The van der Waals surface area contributed by atoms with Crippen LogP contribution in [-0.4, -0.2) is 81.3 Å². The Morgan fingerprint density at radius 1 is 1.20 bits per heavy atom. The molecule has 1 amide bonds. The lowest BCUT2D eigenvalue weighted by molar-refractivity contribution is -0.228. The number of carbonyl (C=O) groups is 3. The van der Waals surface area contributed by atoms with Crippen molar-refractivity contribution in [2.75, 3.05) is 18.9 Å². The average Bonchev–Trinajstić information content (AvgIpc) is 3.41. The zero-order valence-corrected chi connectivity index (χ0v) is 25.9. The monoisotopic (exact) mass is 664 g/mol. The number of anilines is 1. The maximum Gasteiger partial charge on any atom is 0.418 e. The summed E-state index contributed by atoms with van der Waals surface area (Å²) >= 11 is 0.988. The number of nitrogens with zero attached hydrogens (tertiary/aromatic N) is 4. The molecule has 1 aromatic carbocycles. The minimum absolute atomic E-state index is 0.0207.